The van der Waals surface area contributed by atoms with E-state index in [2.05, 4.69) is 5.32 Å². The maximum atomic E-state index is 11.7. The average Bonchev–Trinajstić information content (AvgIpc) is 2.37. The molecule has 108 valence electrons. The maximum Gasteiger partial charge on any atom is 0.269 e. The highest BCUT2D eigenvalue weighted by Gasteiger charge is 2.25. The van der Waals surface area contributed by atoms with E-state index < -0.39 is 16.2 Å². The molecule has 0 aliphatic carbocycles. The summed E-state index contributed by atoms with van der Waals surface area (Å²) in [5, 5.41) is 13.1. The Morgan fingerprint density at radius 2 is 1.85 bits per heavy atom. The van der Waals surface area contributed by atoms with Gasteiger partial charge in [-0.25, -0.2) is 0 Å². The molecule has 0 unspecified atom stereocenters. The minimum Gasteiger partial charge on any atom is -0.369 e. The molecule has 0 spiro atoms. The predicted molar refractivity (Wildman–Crippen MR) is 72.8 cm³/mol. The van der Waals surface area contributed by atoms with Crippen LogP contribution >= 0.6 is 0 Å². The highest BCUT2D eigenvalue weighted by molar-refractivity contribution is 5.82. The number of nitrogens with one attached hydrogen (secondary N) is 1. The van der Waals surface area contributed by atoms with Crippen molar-refractivity contribution in [3.05, 3.63) is 39.9 Å². The van der Waals surface area contributed by atoms with E-state index in [1.54, 1.807) is 13.8 Å². The number of nitro groups is 1. The molecule has 0 heterocycles. The largest absolute Gasteiger partial charge is 0.369 e. The number of carbonyl (C=O) groups is 2. The lowest BCUT2D eigenvalue weighted by Gasteiger charge is -2.20. The van der Waals surface area contributed by atoms with Crippen molar-refractivity contribution in [1.82, 2.24) is 5.32 Å². The zero-order valence-corrected chi connectivity index (χ0v) is 11.4. The molecule has 0 atom stereocenters. The number of primary amides is 1. The molecule has 7 nitrogen and oxygen atoms in total. The SMILES string of the molecule is CC(C)(CNC(=O)Cc1ccc([N+](=O)[O-])cc1)C(N)=O. The van der Waals surface area contributed by atoms with Crippen molar-refractivity contribution in [3.63, 3.8) is 0 Å². The number of benzene rings is 1. The zero-order valence-electron chi connectivity index (χ0n) is 11.4. The number of rotatable bonds is 6. The van der Waals surface area contributed by atoms with Gasteiger partial charge in [-0.15, -0.1) is 0 Å². The van der Waals surface area contributed by atoms with Gasteiger partial charge in [-0.3, -0.25) is 19.7 Å². The van der Waals surface area contributed by atoms with Gasteiger partial charge < -0.3 is 11.1 Å². The van der Waals surface area contributed by atoms with Crippen LogP contribution in [0.4, 0.5) is 5.69 Å². The van der Waals surface area contributed by atoms with Crippen LogP contribution in [0.3, 0.4) is 0 Å². The number of hydrogen-bond donors (Lipinski definition) is 2. The van der Waals surface area contributed by atoms with Crippen molar-refractivity contribution in [3.8, 4) is 0 Å². The van der Waals surface area contributed by atoms with Crippen LogP contribution in [0.1, 0.15) is 19.4 Å². The number of nitrogens with zero attached hydrogens (tertiary/aromatic N) is 1. The van der Waals surface area contributed by atoms with Crippen LogP contribution in [0.15, 0.2) is 24.3 Å². The van der Waals surface area contributed by atoms with Crippen LogP contribution in [0.2, 0.25) is 0 Å². The first-order valence-electron chi connectivity index (χ1n) is 6.02. The number of hydrogen-bond acceptors (Lipinski definition) is 4. The minimum atomic E-state index is -0.814. The molecule has 0 fully saturated rings. The Labute approximate surface area is 116 Å². The molecule has 1 rings (SSSR count). The third-order valence-corrected chi connectivity index (χ3v) is 2.91. The quantitative estimate of drug-likeness (QED) is 0.590. The summed E-state index contributed by atoms with van der Waals surface area (Å²) in [4.78, 5) is 32.8. The number of amides is 2. The molecule has 0 aliphatic rings. The van der Waals surface area contributed by atoms with Crippen molar-refractivity contribution in [2.75, 3.05) is 6.54 Å². The van der Waals surface area contributed by atoms with Gasteiger partial charge in [-0.05, 0) is 19.4 Å². The fourth-order valence-corrected chi connectivity index (χ4v) is 1.39. The van der Waals surface area contributed by atoms with Gasteiger partial charge in [-0.2, -0.15) is 0 Å². The first-order valence-corrected chi connectivity index (χ1v) is 6.02. The maximum absolute atomic E-state index is 11.7. The van der Waals surface area contributed by atoms with E-state index in [4.69, 9.17) is 5.73 Å². The fourth-order valence-electron chi connectivity index (χ4n) is 1.39. The van der Waals surface area contributed by atoms with E-state index in [9.17, 15) is 19.7 Å². The molecule has 0 radical (unpaired) electrons. The lowest BCUT2D eigenvalue weighted by Crippen LogP contribution is -2.42. The van der Waals surface area contributed by atoms with Gasteiger partial charge in [0.05, 0.1) is 16.8 Å². The van der Waals surface area contributed by atoms with Crippen LogP contribution < -0.4 is 11.1 Å². The molecule has 1 aromatic rings. The van der Waals surface area contributed by atoms with Crippen LogP contribution in [0.5, 0.6) is 0 Å². The smallest absolute Gasteiger partial charge is 0.269 e. The molecule has 2 amide bonds. The van der Waals surface area contributed by atoms with Crippen LogP contribution in [-0.2, 0) is 16.0 Å². The Morgan fingerprint density at radius 1 is 1.30 bits per heavy atom. The Balaban J connectivity index is 2.54. The van der Waals surface area contributed by atoms with Gasteiger partial charge in [0, 0.05) is 18.7 Å². The lowest BCUT2D eigenvalue weighted by molar-refractivity contribution is -0.384. The molecular weight excluding hydrogens is 262 g/mol. The van der Waals surface area contributed by atoms with Crippen molar-refractivity contribution < 1.29 is 14.5 Å². The Hall–Kier alpha value is -2.44. The van der Waals surface area contributed by atoms with E-state index in [1.807, 2.05) is 0 Å². The van der Waals surface area contributed by atoms with Gasteiger partial charge in [0.15, 0.2) is 0 Å². The molecule has 0 bridgehead atoms. The Morgan fingerprint density at radius 3 is 2.30 bits per heavy atom. The highest BCUT2D eigenvalue weighted by Crippen LogP contribution is 2.13. The minimum absolute atomic E-state index is 0.0241. The zero-order chi connectivity index (χ0) is 15.3. The number of non-ortho nitro benzene ring substituents is 1. The molecule has 7 heteroatoms. The summed E-state index contributed by atoms with van der Waals surface area (Å²) in [7, 11) is 0. The van der Waals surface area contributed by atoms with Crippen molar-refractivity contribution in [1.29, 1.82) is 0 Å². The standard InChI is InChI=1S/C13H17N3O4/c1-13(2,12(14)18)8-15-11(17)7-9-3-5-10(6-4-9)16(19)20/h3-6H,7-8H2,1-2H3,(H2,14,18)(H,15,17). The Bertz CT molecular complexity index is 523. The van der Waals surface area contributed by atoms with Gasteiger partial charge >= 0.3 is 0 Å². The number of nitro benzene ring substituents is 1. The van der Waals surface area contributed by atoms with Crippen molar-refractivity contribution >= 4 is 17.5 Å². The molecule has 0 saturated carbocycles. The molecule has 20 heavy (non-hydrogen) atoms. The number of nitrogens with two attached hydrogens (primary N) is 1. The summed E-state index contributed by atoms with van der Waals surface area (Å²) in [6, 6.07) is 5.74. The van der Waals surface area contributed by atoms with Gasteiger partial charge in [0.2, 0.25) is 11.8 Å². The topological polar surface area (TPSA) is 115 Å². The summed E-state index contributed by atoms with van der Waals surface area (Å²) in [5.41, 5.74) is 5.02. The first kappa shape index (κ1) is 15.6. The Kier molecular flexibility index (Phi) is 4.79. The summed E-state index contributed by atoms with van der Waals surface area (Å²) >= 11 is 0. The van der Waals surface area contributed by atoms with Gasteiger partial charge in [0.25, 0.3) is 5.69 Å². The van der Waals surface area contributed by atoms with Crippen LogP contribution in [0, 0.1) is 15.5 Å². The van der Waals surface area contributed by atoms with E-state index >= 15 is 0 Å². The first-order chi connectivity index (χ1) is 9.22. The van der Waals surface area contributed by atoms with Crippen molar-refractivity contribution in [2.45, 2.75) is 20.3 Å². The molecule has 3 N–H and O–H groups in total. The summed E-state index contributed by atoms with van der Waals surface area (Å²) in [5.74, 6) is -0.763. The molecule has 1 aromatic carbocycles. The number of carbonyl (C=O) groups excluding carboxylic acids is 2. The average molecular weight is 279 g/mol. The second-order valence-electron chi connectivity index (χ2n) is 5.13. The van der Waals surface area contributed by atoms with E-state index in [0.717, 1.165) is 0 Å². The summed E-state index contributed by atoms with van der Waals surface area (Å²) in [6.07, 6.45) is 0.0901. The van der Waals surface area contributed by atoms with E-state index in [1.165, 1.54) is 24.3 Å². The van der Waals surface area contributed by atoms with Crippen LogP contribution in [0.25, 0.3) is 0 Å². The highest BCUT2D eigenvalue weighted by atomic mass is 16.6. The third kappa shape index (κ3) is 4.34. The fraction of sp³-hybridized carbons (Fsp3) is 0.385. The molecule has 0 aromatic heterocycles. The second kappa shape index (κ2) is 6.14. The molecule has 0 aliphatic heterocycles. The lowest BCUT2D eigenvalue weighted by atomic mass is 9.92. The van der Waals surface area contributed by atoms with E-state index in [-0.39, 0.29) is 24.6 Å². The van der Waals surface area contributed by atoms with Crippen molar-refractivity contribution in [2.24, 2.45) is 11.1 Å². The summed E-state index contributed by atoms with van der Waals surface area (Å²) < 4.78 is 0. The second-order valence-corrected chi connectivity index (χ2v) is 5.13. The molecule has 0 saturated heterocycles. The van der Waals surface area contributed by atoms with Gasteiger partial charge in [0.1, 0.15) is 0 Å². The normalized spacial score (nSPS) is 10.9. The summed E-state index contributed by atoms with van der Waals surface area (Å²) in [6.45, 7) is 3.43. The molecular formula is C13H17N3O4. The monoisotopic (exact) mass is 279 g/mol. The third-order valence-electron chi connectivity index (χ3n) is 2.91. The van der Waals surface area contributed by atoms with E-state index in [0.29, 0.717) is 5.56 Å². The van der Waals surface area contributed by atoms with Gasteiger partial charge in [-0.1, -0.05) is 12.1 Å². The predicted octanol–water partition coefficient (Wildman–Crippen LogP) is 0.765. The van der Waals surface area contributed by atoms with Crippen LogP contribution in [-0.4, -0.2) is 23.3 Å².